The van der Waals surface area contributed by atoms with E-state index >= 15 is 0 Å². The summed E-state index contributed by atoms with van der Waals surface area (Å²) in [5, 5.41) is -2.63. The number of hydrogen-bond acceptors (Lipinski definition) is 3. The van der Waals surface area contributed by atoms with Gasteiger partial charge in [-0.2, -0.15) is 52.7 Å². The fourth-order valence-electron chi connectivity index (χ4n) is 1.20. The van der Waals surface area contributed by atoms with Crippen LogP contribution in [0, 0.1) is 0 Å². The topological polar surface area (TPSA) is 15.7 Å². The van der Waals surface area contributed by atoms with Crippen molar-refractivity contribution in [3.63, 3.8) is 0 Å². The summed E-state index contributed by atoms with van der Waals surface area (Å²) in [6.45, 7) is -2.29. The Hall–Kier alpha value is -0.670. The lowest BCUT2D eigenvalue weighted by atomic mass is 10.3. The van der Waals surface area contributed by atoms with Gasteiger partial charge in [0.25, 0.3) is 0 Å². The van der Waals surface area contributed by atoms with Crippen molar-refractivity contribution in [2.24, 2.45) is 0 Å². The Morgan fingerprint density at radius 1 is 0.696 bits per heavy atom. The van der Waals surface area contributed by atoms with E-state index in [9.17, 15) is 52.7 Å². The number of hydroxylamine groups is 2. The van der Waals surface area contributed by atoms with Crippen molar-refractivity contribution in [3.8, 4) is 0 Å². The molecule has 0 aliphatic carbocycles. The predicted molar refractivity (Wildman–Crippen MR) is 48.4 cm³/mol. The molecule has 0 aromatic carbocycles. The first-order valence-corrected chi connectivity index (χ1v) is 5.51. The van der Waals surface area contributed by atoms with Crippen molar-refractivity contribution in [1.82, 2.24) is 9.96 Å². The summed E-state index contributed by atoms with van der Waals surface area (Å²) in [6, 6.07) is -3.09. The maximum Gasteiger partial charge on any atom is 0.490 e. The average Bonchev–Trinajstić information content (AvgIpc) is 2.19. The van der Waals surface area contributed by atoms with Crippen molar-refractivity contribution in [2.45, 2.75) is 31.2 Å². The Kier molecular flexibility index (Phi) is 6.86. The van der Waals surface area contributed by atoms with Crippen LogP contribution in [0.3, 0.4) is 0 Å². The zero-order valence-corrected chi connectivity index (χ0v) is 11.0. The molecule has 0 aromatic heterocycles. The molecule has 3 nitrogen and oxygen atoms in total. The lowest BCUT2D eigenvalue weighted by Gasteiger charge is -2.34. The second-order valence-electron chi connectivity index (χ2n) is 3.64. The van der Waals surface area contributed by atoms with Crippen molar-refractivity contribution in [1.29, 1.82) is 0 Å². The number of nitrogens with zero attached hydrogens (tertiary/aromatic N) is 2. The minimum absolute atomic E-state index is 1.62. The van der Waals surface area contributed by atoms with E-state index in [1.54, 1.807) is 0 Å². The molecule has 0 aromatic rings. The molecular weight excluding hydrogens is 392 g/mol. The van der Waals surface area contributed by atoms with E-state index in [0.717, 1.165) is 0 Å². The van der Waals surface area contributed by atoms with E-state index in [1.165, 1.54) is 0 Å². The van der Waals surface area contributed by atoms with Crippen LogP contribution in [0.25, 0.3) is 0 Å². The van der Waals surface area contributed by atoms with Gasteiger partial charge in [-0.1, -0.05) is 0 Å². The fourth-order valence-corrected chi connectivity index (χ4v) is 1.42. The summed E-state index contributed by atoms with van der Waals surface area (Å²) < 4.78 is 146. The second kappa shape index (κ2) is 7.06. The summed E-state index contributed by atoms with van der Waals surface area (Å²) in [5.41, 5.74) is 0. The summed E-state index contributed by atoms with van der Waals surface area (Å²) in [6.07, 6.45) is -24.8. The van der Waals surface area contributed by atoms with Gasteiger partial charge >= 0.3 is 25.2 Å². The molecule has 0 aliphatic rings. The van der Waals surface area contributed by atoms with E-state index in [0.29, 0.717) is 0 Å². The first-order valence-electron chi connectivity index (χ1n) is 4.98. The van der Waals surface area contributed by atoms with Gasteiger partial charge in [0, 0.05) is 10.9 Å². The van der Waals surface area contributed by atoms with Gasteiger partial charge in [-0.05, 0) is 0 Å². The van der Waals surface area contributed by atoms with Crippen LogP contribution < -0.4 is 0 Å². The summed E-state index contributed by atoms with van der Waals surface area (Å²) in [7, 11) is 0. The van der Waals surface area contributed by atoms with Crippen LogP contribution in [0.5, 0.6) is 0 Å². The van der Waals surface area contributed by atoms with Crippen molar-refractivity contribution in [2.75, 3.05) is 12.5 Å². The molecule has 0 rings (SSSR count). The highest BCUT2D eigenvalue weighted by Gasteiger charge is 2.59. The van der Waals surface area contributed by atoms with Crippen molar-refractivity contribution < 1.29 is 57.5 Å². The molecule has 1 unspecified atom stereocenters. The van der Waals surface area contributed by atoms with Gasteiger partial charge in [0.2, 0.25) is 0 Å². The third-order valence-electron chi connectivity index (χ3n) is 1.95. The van der Waals surface area contributed by atoms with Gasteiger partial charge in [-0.15, -0.1) is 16.5 Å². The Bertz CT molecular complexity index is 346. The van der Waals surface area contributed by atoms with Gasteiger partial charge in [0.15, 0.2) is 0 Å². The number of alkyl halides is 13. The quantitative estimate of drug-likeness (QED) is 0.300. The molecule has 0 fully saturated rings. The standard InChI is InChI=1S/C7H5ClF12N2O/c8-1-3(21(4(9,10)11)5(12,13)14)2-23-22(6(15,16)17)7(18,19)20/h3H,1-2H2. The lowest BCUT2D eigenvalue weighted by Crippen LogP contribution is -2.57. The molecule has 1 atom stereocenters. The molecule has 0 heterocycles. The summed E-state index contributed by atoms with van der Waals surface area (Å²) in [4.78, 5) is 0.787. The molecule has 23 heavy (non-hydrogen) atoms. The predicted octanol–water partition coefficient (Wildman–Crippen LogP) is 4.21. The van der Waals surface area contributed by atoms with Gasteiger partial charge in [0.1, 0.15) is 0 Å². The molecule has 0 spiro atoms. The molecular formula is C7H5ClF12N2O. The van der Waals surface area contributed by atoms with Crippen LogP contribution in [0.2, 0.25) is 0 Å². The van der Waals surface area contributed by atoms with E-state index in [1.807, 2.05) is 0 Å². The third-order valence-corrected chi connectivity index (χ3v) is 2.30. The zero-order valence-electron chi connectivity index (χ0n) is 10.2. The molecule has 16 heteroatoms. The largest absolute Gasteiger partial charge is 0.490 e. The van der Waals surface area contributed by atoms with Crippen LogP contribution in [0.4, 0.5) is 52.7 Å². The molecule has 0 radical (unpaired) electrons. The highest BCUT2D eigenvalue weighted by atomic mass is 35.5. The Morgan fingerprint density at radius 2 is 1.04 bits per heavy atom. The van der Waals surface area contributed by atoms with Gasteiger partial charge in [-0.3, -0.25) is 4.84 Å². The highest BCUT2D eigenvalue weighted by Crippen LogP contribution is 2.37. The molecule has 0 saturated carbocycles. The maximum absolute atomic E-state index is 12.3. The monoisotopic (exact) mass is 396 g/mol. The van der Waals surface area contributed by atoms with Crippen LogP contribution in [-0.4, -0.2) is 53.7 Å². The first-order chi connectivity index (χ1) is 9.92. The van der Waals surface area contributed by atoms with Gasteiger partial charge < -0.3 is 0 Å². The van der Waals surface area contributed by atoms with E-state index < -0.39 is 53.7 Å². The van der Waals surface area contributed by atoms with Crippen LogP contribution >= 0.6 is 11.6 Å². The van der Waals surface area contributed by atoms with E-state index in [2.05, 4.69) is 4.84 Å². The first kappa shape index (κ1) is 22.3. The molecule has 140 valence electrons. The SMILES string of the molecule is FC(F)(F)N(OCC(CCl)N(C(F)(F)F)C(F)(F)F)C(F)(F)F. The second-order valence-corrected chi connectivity index (χ2v) is 3.95. The number of hydrogen-bond donors (Lipinski definition) is 0. The molecule has 0 saturated heterocycles. The Balaban J connectivity index is 5.34. The lowest BCUT2D eigenvalue weighted by molar-refractivity contribution is -0.486. The zero-order chi connectivity index (χ0) is 18.9. The summed E-state index contributed by atoms with van der Waals surface area (Å²) >= 11 is 4.78. The summed E-state index contributed by atoms with van der Waals surface area (Å²) in [5.74, 6) is -1.62. The third kappa shape index (κ3) is 6.76. The molecule has 0 N–H and O–H groups in total. The normalized spacial score (nSPS) is 16.3. The Morgan fingerprint density at radius 3 is 1.26 bits per heavy atom. The number of halogens is 13. The number of rotatable bonds is 5. The molecule has 0 aliphatic heterocycles. The minimum atomic E-state index is -6.25. The van der Waals surface area contributed by atoms with Crippen molar-refractivity contribution >= 4 is 11.6 Å². The molecule has 0 bridgehead atoms. The minimum Gasteiger partial charge on any atom is -0.282 e. The van der Waals surface area contributed by atoms with Crippen LogP contribution in [0.15, 0.2) is 0 Å². The van der Waals surface area contributed by atoms with Crippen LogP contribution in [-0.2, 0) is 4.84 Å². The van der Waals surface area contributed by atoms with Gasteiger partial charge in [0.05, 0.1) is 12.6 Å². The highest BCUT2D eigenvalue weighted by molar-refractivity contribution is 6.18. The fraction of sp³-hybridized carbons (Fsp3) is 1.00. The van der Waals surface area contributed by atoms with E-state index in [4.69, 9.17) is 11.6 Å². The van der Waals surface area contributed by atoms with Crippen LogP contribution in [0.1, 0.15) is 0 Å². The van der Waals surface area contributed by atoms with Gasteiger partial charge in [-0.25, -0.2) is 0 Å². The van der Waals surface area contributed by atoms with Crippen molar-refractivity contribution in [3.05, 3.63) is 0 Å². The average molecular weight is 397 g/mol. The smallest absolute Gasteiger partial charge is 0.282 e. The Labute approximate surface area is 124 Å². The van der Waals surface area contributed by atoms with E-state index in [-0.39, 0.29) is 0 Å². The maximum atomic E-state index is 12.3. The molecule has 0 amide bonds.